The van der Waals surface area contributed by atoms with Crippen molar-refractivity contribution in [3.05, 3.63) is 108 Å². The Kier molecular flexibility index (Phi) is 6.70. The molecule has 7 nitrogen and oxygen atoms in total. The highest BCUT2D eigenvalue weighted by Crippen LogP contribution is 2.32. The third-order valence-electron chi connectivity index (χ3n) is 7.27. The van der Waals surface area contributed by atoms with Crippen molar-refractivity contribution < 1.29 is 9.67 Å². The average molecular weight is 566 g/mol. The Balaban J connectivity index is 1.48. The molecule has 6 heterocycles. The molecule has 202 valence electrons. The van der Waals surface area contributed by atoms with Crippen LogP contribution in [0.3, 0.4) is 0 Å². The van der Waals surface area contributed by atoms with E-state index in [0.717, 1.165) is 72.8 Å². The molecule has 8 heteroatoms. The van der Waals surface area contributed by atoms with Gasteiger partial charge in [-0.2, -0.15) is 4.99 Å². The van der Waals surface area contributed by atoms with E-state index in [0.29, 0.717) is 6.54 Å². The van der Waals surface area contributed by atoms with Crippen LogP contribution < -0.4 is 4.57 Å². The molecule has 2 aliphatic rings. The molecule has 5 aromatic rings. The number of thiocarbonyl (C=S) groups is 1. The summed E-state index contributed by atoms with van der Waals surface area (Å²) < 4.78 is 1.95. The number of fused-ring (bicyclic) bond motifs is 8. The molecule has 8 bridgehead atoms. The Labute approximate surface area is 246 Å². The van der Waals surface area contributed by atoms with E-state index < -0.39 is 0 Å². The Hall–Kier alpha value is -5.27. The smallest absolute Gasteiger partial charge is 0.171 e. The van der Waals surface area contributed by atoms with Crippen LogP contribution in [0.1, 0.15) is 22.8 Å². The fourth-order valence-electron chi connectivity index (χ4n) is 5.32. The van der Waals surface area contributed by atoms with Gasteiger partial charge in [0.15, 0.2) is 18.9 Å². The molecule has 0 saturated heterocycles. The molecule has 0 fully saturated rings. The van der Waals surface area contributed by atoms with Crippen LogP contribution in [0.15, 0.2) is 90.2 Å². The van der Waals surface area contributed by atoms with Gasteiger partial charge >= 0.3 is 0 Å². The van der Waals surface area contributed by atoms with Gasteiger partial charge in [-0.25, -0.2) is 14.5 Å². The van der Waals surface area contributed by atoms with Gasteiger partial charge in [-0.15, -0.1) is 0 Å². The van der Waals surface area contributed by atoms with Crippen molar-refractivity contribution in [2.75, 3.05) is 6.61 Å². The summed E-state index contributed by atoms with van der Waals surface area (Å²) in [5.74, 6) is 0. The number of hydrogen-bond donors (Lipinski definition) is 3. The zero-order chi connectivity index (χ0) is 28.5. The summed E-state index contributed by atoms with van der Waals surface area (Å²) in [5, 5.41) is 11.8. The highest BCUT2D eigenvalue weighted by molar-refractivity contribution is 7.78. The highest BCUT2D eigenvalue weighted by Gasteiger charge is 2.15. The SMILES string of the molecule is OCC[n+]1ccc(-c2c3nc(cc4ccc([nH]4)c(-c4ccc(N=C=S)cc4)c4ccc(cc5nc2C=C5)[nH]4)C=C3)cc1. The summed E-state index contributed by atoms with van der Waals surface area (Å²) in [4.78, 5) is 21.3. The van der Waals surface area contributed by atoms with Gasteiger partial charge in [-0.3, -0.25) is 0 Å². The minimum absolute atomic E-state index is 0.0870. The van der Waals surface area contributed by atoms with Crippen LogP contribution in [0.5, 0.6) is 0 Å². The Morgan fingerprint density at radius 3 is 1.83 bits per heavy atom. The van der Waals surface area contributed by atoms with Crippen molar-refractivity contribution in [3.8, 4) is 22.3 Å². The van der Waals surface area contributed by atoms with Crippen molar-refractivity contribution in [3.63, 3.8) is 0 Å². The zero-order valence-corrected chi connectivity index (χ0v) is 23.3. The second kappa shape index (κ2) is 11.0. The largest absolute Gasteiger partial charge is 0.390 e. The molecular weight excluding hydrogens is 540 g/mol. The number of nitrogens with zero attached hydrogens (tertiary/aromatic N) is 4. The lowest BCUT2D eigenvalue weighted by molar-refractivity contribution is -0.698. The molecule has 2 aliphatic heterocycles. The van der Waals surface area contributed by atoms with Crippen LogP contribution in [-0.2, 0) is 6.54 Å². The maximum Gasteiger partial charge on any atom is 0.171 e. The van der Waals surface area contributed by atoms with Gasteiger partial charge in [-0.05, 0) is 96.2 Å². The number of isothiocyanates is 1. The number of aliphatic hydroxyl groups is 1. The number of hydrogen-bond acceptors (Lipinski definition) is 5. The first-order valence-electron chi connectivity index (χ1n) is 13.6. The van der Waals surface area contributed by atoms with Gasteiger partial charge < -0.3 is 15.1 Å². The molecule has 42 heavy (non-hydrogen) atoms. The third kappa shape index (κ3) is 5.02. The number of aliphatic imine (C=N–C) groups is 1. The lowest BCUT2D eigenvalue weighted by Crippen LogP contribution is -2.34. The number of aromatic amines is 2. The number of pyridine rings is 1. The summed E-state index contributed by atoms with van der Waals surface area (Å²) in [6.07, 6.45) is 12.1. The van der Waals surface area contributed by atoms with E-state index in [1.54, 1.807) is 0 Å². The van der Waals surface area contributed by atoms with Gasteiger partial charge in [-0.1, -0.05) is 12.1 Å². The summed E-state index contributed by atoms with van der Waals surface area (Å²) in [6, 6.07) is 24.4. The van der Waals surface area contributed by atoms with Gasteiger partial charge in [0.1, 0.15) is 6.61 Å². The maximum atomic E-state index is 9.32. The van der Waals surface area contributed by atoms with Crippen LogP contribution in [-0.4, -0.2) is 36.8 Å². The molecule has 0 atom stereocenters. The maximum absolute atomic E-state index is 9.32. The normalized spacial score (nSPS) is 11.9. The summed E-state index contributed by atoms with van der Waals surface area (Å²) in [6.45, 7) is 0.629. The van der Waals surface area contributed by atoms with E-state index in [1.165, 1.54) is 0 Å². The number of aliphatic hydroxyl groups excluding tert-OH is 1. The molecular formula is C34H25N6OS+. The van der Waals surface area contributed by atoms with Crippen molar-refractivity contribution in [2.24, 2.45) is 4.99 Å². The number of rotatable bonds is 5. The van der Waals surface area contributed by atoms with Gasteiger partial charge in [0.25, 0.3) is 0 Å². The monoisotopic (exact) mass is 565 g/mol. The van der Waals surface area contributed by atoms with Crippen LogP contribution in [0.2, 0.25) is 0 Å². The minimum atomic E-state index is 0.0870. The molecule has 3 N–H and O–H groups in total. The second-order valence-electron chi connectivity index (χ2n) is 10.0. The summed E-state index contributed by atoms with van der Waals surface area (Å²) in [7, 11) is 0. The van der Waals surface area contributed by atoms with Gasteiger partial charge in [0.2, 0.25) is 0 Å². The molecule has 1 aromatic carbocycles. The lowest BCUT2D eigenvalue weighted by atomic mass is 10.0. The number of H-pyrrole nitrogens is 2. The van der Waals surface area contributed by atoms with E-state index in [1.807, 2.05) is 89.8 Å². The van der Waals surface area contributed by atoms with Crippen LogP contribution >= 0.6 is 12.2 Å². The van der Waals surface area contributed by atoms with Crippen LogP contribution in [0.4, 0.5) is 5.69 Å². The fourth-order valence-corrected chi connectivity index (χ4v) is 5.43. The zero-order valence-electron chi connectivity index (χ0n) is 22.5. The molecule has 4 aromatic heterocycles. The first-order chi connectivity index (χ1) is 20.7. The van der Waals surface area contributed by atoms with Crippen LogP contribution in [0, 0.1) is 0 Å². The van der Waals surface area contributed by atoms with E-state index in [2.05, 4.69) is 44.4 Å². The first-order valence-corrected chi connectivity index (χ1v) is 14.0. The molecule has 0 amide bonds. The van der Waals surface area contributed by atoms with E-state index in [9.17, 15) is 5.11 Å². The van der Waals surface area contributed by atoms with Crippen molar-refractivity contribution in [1.82, 2.24) is 19.9 Å². The lowest BCUT2D eigenvalue weighted by Gasteiger charge is -2.04. The topological polar surface area (TPSA) is 93.8 Å². The van der Waals surface area contributed by atoms with Gasteiger partial charge in [0, 0.05) is 45.3 Å². The van der Waals surface area contributed by atoms with Crippen LogP contribution in [0.25, 0.3) is 68.6 Å². The second-order valence-corrected chi connectivity index (χ2v) is 10.2. The number of nitrogens with one attached hydrogen (secondary N) is 2. The Morgan fingerprint density at radius 2 is 1.29 bits per heavy atom. The average Bonchev–Trinajstić information content (AvgIpc) is 3.82. The number of benzene rings is 1. The molecule has 0 saturated carbocycles. The van der Waals surface area contributed by atoms with Crippen molar-refractivity contribution in [1.29, 1.82) is 0 Å². The molecule has 7 rings (SSSR count). The van der Waals surface area contributed by atoms with E-state index in [4.69, 9.17) is 22.2 Å². The van der Waals surface area contributed by atoms with Crippen molar-refractivity contribution >= 4 is 69.4 Å². The van der Waals surface area contributed by atoms with Gasteiger partial charge in [0.05, 0.1) is 33.6 Å². The van der Waals surface area contributed by atoms with E-state index >= 15 is 0 Å². The Morgan fingerprint density at radius 1 is 0.714 bits per heavy atom. The highest BCUT2D eigenvalue weighted by atomic mass is 32.1. The number of aromatic nitrogens is 5. The predicted molar refractivity (Wildman–Crippen MR) is 172 cm³/mol. The fraction of sp³-hybridized carbons (Fsp3) is 0.0588. The Bertz CT molecular complexity index is 2000. The summed E-state index contributed by atoms with van der Waals surface area (Å²) in [5.41, 5.74) is 12.0. The van der Waals surface area contributed by atoms with E-state index in [-0.39, 0.29) is 6.61 Å². The van der Waals surface area contributed by atoms with Crippen molar-refractivity contribution in [2.45, 2.75) is 6.54 Å². The molecule has 0 spiro atoms. The molecule has 0 unspecified atom stereocenters. The predicted octanol–water partition coefficient (Wildman–Crippen LogP) is 7.00. The molecule has 0 radical (unpaired) electrons. The third-order valence-corrected chi connectivity index (χ3v) is 7.36. The first kappa shape index (κ1) is 25.7. The minimum Gasteiger partial charge on any atom is -0.390 e. The molecule has 0 aliphatic carbocycles. The quantitative estimate of drug-likeness (QED) is 0.119. The summed E-state index contributed by atoms with van der Waals surface area (Å²) >= 11 is 4.77. The standard InChI is InChI=1S/C34H24N6OS/c41-18-17-40-15-13-23(14-16-40)34-31-11-7-27(38-31)19-25-5-9-29(36-25)33(22-1-3-24(4-2-22)35-21-42)30-10-6-26(37-30)20-28-8-12-32(34)39-28/h1-16,19-20,41H,17-18H2,(H,36,37,38,39)/p+1.